The standard InChI is InChI=1S/C37H43N5O6/c1-23(2)19-30-35(45)41-32(37(47)42-17-15-26(16-18-42)33(38)43)21-25-11-13-28(14-12-25)48-29-10-6-9-27(22-29)34(44)39-31(36(46)40-30)20-24-7-4-3-5-8-24/h3-14,22-23,26,30-32H,15-21H2,1-2H3,(H2,38,43)(H,39,44)(H,40,46)(H,41,45)/t30-,31+,32-/m0/s1. The number of carbonyl (C=O) groups is 5. The number of likely N-dealkylation sites (tertiary alicyclic amines) is 1. The summed E-state index contributed by atoms with van der Waals surface area (Å²) in [4.78, 5) is 68.7. The molecule has 1 saturated heterocycles. The van der Waals surface area contributed by atoms with E-state index in [-0.39, 0.29) is 36.5 Å². The lowest BCUT2D eigenvalue weighted by atomic mass is 9.95. The molecule has 4 bridgehead atoms. The summed E-state index contributed by atoms with van der Waals surface area (Å²) in [5.74, 6) is -1.45. The van der Waals surface area contributed by atoms with Crippen molar-refractivity contribution in [3.05, 3.63) is 95.6 Å². The number of rotatable bonds is 6. The number of carbonyl (C=O) groups excluding carboxylic acids is 5. The lowest BCUT2D eigenvalue weighted by Crippen LogP contribution is -2.58. The molecular weight excluding hydrogens is 610 g/mol. The minimum Gasteiger partial charge on any atom is -0.457 e. The summed E-state index contributed by atoms with van der Waals surface area (Å²) in [5, 5.41) is 8.68. The number of nitrogens with one attached hydrogen (secondary N) is 3. The van der Waals surface area contributed by atoms with Crippen LogP contribution in [0.3, 0.4) is 0 Å². The number of piperidine rings is 1. The minimum atomic E-state index is -0.999. The molecule has 3 aliphatic rings. The first-order valence-electron chi connectivity index (χ1n) is 16.5. The summed E-state index contributed by atoms with van der Waals surface area (Å²) in [6, 6.07) is 20.3. The summed E-state index contributed by atoms with van der Waals surface area (Å²) < 4.78 is 6.03. The van der Waals surface area contributed by atoms with Crippen LogP contribution in [0.2, 0.25) is 0 Å². The fourth-order valence-electron chi connectivity index (χ4n) is 6.12. The Kier molecular flexibility index (Phi) is 11.1. The molecule has 5 amide bonds. The fraction of sp³-hybridized carbons (Fsp3) is 0.378. The summed E-state index contributed by atoms with van der Waals surface area (Å²) >= 11 is 0. The number of primary amides is 1. The Morgan fingerprint density at radius 2 is 1.52 bits per heavy atom. The number of benzene rings is 3. The SMILES string of the molecule is CC(C)C[C@@H]1NC(=O)[C@@H](Cc2ccccc2)NC(=O)c2cccc(c2)Oc2ccc(cc2)C[C@@H](C(=O)N2CCC(C(N)=O)CC2)NC1=O. The van der Waals surface area contributed by atoms with Crippen LogP contribution in [0.15, 0.2) is 78.9 Å². The van der Waals surface area contributed by atoms with Gasteiger partial charge in [0.2, 0.25) is 23.6 Å². The molecule has 5 N–H and O–H groups in total. The number of nitrogens with zero attached hydrogens (tertiary/aromatic N) is 1. The van der Waals surface area contributed by atoms with E-state index in [0.717, 1.165) is 11.1 Å². The first-order valence-corrected chi connectivity index (χ1v) is 16.5. The first kappa shape index (κ1) is 34.2. The average molecular weight is 654 g/mol. The summed E-state index contributed by atoms with van der Waals surface area (Å²) in [7, 11) is 0. The van der Waals surface area contributed by atoms with Crippen molar-refractivity contribution in [1.82, 2.24) is 20.9 Å². The second-order valence-corrected chi connectivity index (χ2v) is 12.9. The zero-order valence-electron chi connectivity index (χ0n) is 27.3. The molecule has 1 fully saturated rings. The lowest BCUT2D eigenvalue weighted by molar-refractivity contribution is -0.139. The molecule has 6 rings (SSSR count). The normalized spacial score (nSPS) is 20.9. The van der Waals surface area contributed by atoms with Crippen molar-refractivity contribution in [2.45, 2.75) is 64.1 Å². The number of ether oxygens (including phenoxy) is 1. The van der Waals surface area contributed by atoms with E-state index in [1.165, 1.54) is 0 Å². The van der Waals surface area contributed by atoms with Crippen molar-refractivity contribution in [3.63, 3.8) is 0 Å². The zero-order valence-corrected chi connectivity index (χ0v) is 27.3. The zero-order chi connectivity index (χ0) is 34.2. The highest BCUT2D eigenvalue weighted by Crippen LogP contribution is 2.24. The fourth-order valence-corrected chi connectivity index (χ4v) is 6.12. The second kappa shape index (κ2) is 15.6. The molecule has 0 radical (unpaired) electrons. The molecule has 3 aliphatic heterocycles. The van der Waals surface area contributed by atoms with Crippen LogP contribution in [0.4, 0.5) is 0 Å². The predicted molar refractivity (Wildman–Crippen MR) is 180 cm³/mol. The van der Waals surface area contributed by atoms with Gasteiger partial charge in [0, 0.05) is 37.4 Å². The molecule has 11 heteroatoms. The average Bonchev–Trinajstić information content (AvgIpc) is 3.08. The number of nitrogens with two attached hydrogens (primary N) is 1. The van der Waals surface area contributed by atoms with Crippen LogP contribution in [-0.4, -0.2) is 65.7 Å². The highest BCUT2D eigenvalue weighted by Gasteiger charge is 2.34. The van der Waals surface area contributed by atoms with Gasteiger partial charge < -0.3 is 31.3 Å². The molecule has 0 spiro atoms. The van der Waals surface area contributed by atoms with E-state index in [1.54, 1.807) is 41.3 Å². The van der Waals surface area contributed by atoms with Crippen molar-refractivity contribution in [2.24, 2.45) is 17.6 Å². The Morgan fingerprint density at radius 1 is 0.833 bits per heavy atom. The van der Waals surface area contributed by atoms with Gasteiger partial charge in [-0.1, -0.05) is 62.4 Å². The maximum Gasteiger partial charge on any atom is 0.252 e. The van der Waals surface area contributed by atoms with Crippen molar-refractivity contribution < 1.29 is 28.7 Å². The molecule has 252 valence electrons. The third-order valence-electron chi connectivity index (χ3n) is 8.76. The summed E-state index contributed by atoms with van der Waals surface area (Å²) in [6.45, 7) is 4.57. The maximum atomic E-state index is 14.0. The Labute approximate surface area is 280 Å². The van der Waals surface area contributed by atoms with Gasteiger partial charge in [-0.2, -0.15) is 0 Å². The first-order chi connectivity index (χ1) is 23.0. The van der Waals surface area contributed by atoms with Crippen LogP contribution in [0.1, 0.15) is 54.6 Å². The van der Waals surface area contributed by atoms with Gasteiger partial charge in [-0.25, -0.2) is 0 Å². The van der Waals surface area contributed by atoms with Crippen molar-refractivity contribution in [1.29, 1.82) is 0 Å². The number of hydrogen-bond donors (Lipinski definition) is 4. The lowest BCUT2D eigenvalue weighted by Gasteiger charge is -2.34. The minimum absolute atomic E-state index is 0.0262. The Hall–Kier alpha value is -5.19. The Bertz CT molecular complexity index is 1620. The van der Waals surface area contributed by atoms with Gasteiger partial charge in [0.15, 0.2) is 0 Å². The van der Waals surface area contributed by atoms with Gasteiger partial charge in [-0.05, 0) is 66.6 Å². The molecule has 0 aliphatic carbocycles. The summed E-state index contributed by atoms with van der Waals surface area (Å²) in [5.41, 5.74) is 7.44. The Morgan fingerprint density at radius 3 is 2.19 bits per heavy atom. The van der Waals surface area contributed by atoms with Crippen LogP contribution in [0, 0.1) is 11.8 Å². The van der Waals surface area contributed by atoms with E-state index in [0.29, 0.717) is 49.4 Å². The van der Waals surface area contributed by atoms with E-state index in [2.05, 4.69) is 16.0 Å². The third-order valence-corrected chi connectivity index (χ3v) is 8.76. The number of amides is 5. The van der Waals surface area contributed by atoms with Gasteiger partial charge in [0.25, 0.3) is 5.91 Å². The predicted octanol–water partition coefficient (Wildman–Crippen LogP) is 3.12. The number of hydrogen-bond acceptors (Lipinski definition) is 6. The smallest absolute Gasteiger partial charge is 0.252 e. The molecule has 3 aromatic carbocycles. The van der Waals surface area contributed by atoms with Crippen LogP contribution in [0.25, 0.3) is 0 Å². The van der Waals surface area contributed by atoms with Gasteiger partial charge in [-0.3, -0.25) is 24.0 Å². The highest BCUT2D eigenvalue weighted by molar-refractivity contribution is 5.99. The number of fused-ring (bicyclic) bond motifs is 11. The van der Waals surface area contributed by atoms with Crippen LogP contribution in [0.5, 0.6) is 11.5 Å². The van der Waals surface area contributed by atoms with Crippen molar-refractivity contribution >= 4 is 29.5 Å². The van der Waals surface area contributed by atoms with Crippen molar-refractivity contribution in [2.75, 3.05) is 13.1 Å². The Balaban J connectivity index is 1.48. The van der Waals surface area contributed by atoms with E-state index in [1.807, 2.05) is 56.3 Å². The van der Waals surface area contributed by atoms with Gasteiger partial charge in [0.1, 0.15) is 29.6 Å². The largest absolute Gasteiger partial charge is 0.457 e. The molecular formula is C37H43N5O6. The van der Waals surface area contributed by atoms with E-state index in [9.17, 15) is 24.0 Å². The molecule has 3 heterocycles. The quantitative estimate of drug-likeness (QED) is 0.299. The molecule has 0 saturated carbocycles. The van der Waals surface area contributed by atoms with Crippen LogP contribution in [-0.2, 0) is 32.0 Å². The van der Waals surface area contributed by atoms with E-state index in [4.69, 9.17) is 10.5 Å². The van der Waals surface area contributed by atoms with E-state index < -0.39 is 35.8 Å². The maximum absolute atomic E-state index is 14.0. The topological polar surface area (TPSA) is 160 Å². The van der Waals surface area contributed by atoms with Gasteiger partial charge in [0.05, 0.1) is 0 Å². The molecule has 0 aromatic heterocycles. The van der Waals surface area contributed by atoms with Gasteiger partial charge >= 0.3 is 0 Å². The second-order valence-electron chi connectivity index (χ2n) is 12.9. The third kappa shape index (κ3) is 8.99. The molecule has 48 heavy (non-hydrogen) atoms. The monoisotopic (exact) mass is 653 g/mol. The highest BCUT2D eigenvalue weighted by atomic mass is 16.5. The molecule has 0 unspecified atom stereocenters. The van der Waals surface area contributed by atoms with Crippen molar-refractivity contribution in [3.8, 4) is 11.5 Å². The molecule has 3 aromatic rings. The molecule has 3 atom stereocenters. The van der Waals surface area contributed by atoms with Crippen LogP contribution >= 0.6 is 0 Å². The van der Waals surface area contributed by atoms with E-state index >= 15 is 0 Å². The van der Waals surface area contributed by atoms with Crippen LogP contribution < -0.4 is 26.4 Å². The van der Waals surface area contributed by atoms with Gasteiger partial charge in [-0.15, -0.1) is 0 Å². The molecule has 11 nitrogen and oxygen atoms in total. The summed E-state index contributed by atoms with van der Waals surface area (Å²) in [6.07, 6.45) is 1.61.